The summed E-state index contributed by atoms with van der Waals surface area (Å²) in [4.78, 5) is 2.79. The van der Waals surface area contributed by atoms with E-state index in [0.717, 1.165) is 8.95 Å². The van der Waals surface area contributed by atoms with E-state index in [1.54, 1.807) is 0 Å². The van der Waals surface area contributed by atoms with E-state index in [9.17, 15) is 0 Å². The molecule has 0 aliphatic carbocycles. The molecule has 0 unspecified atom stereocenters. The van der Waals surface area contributed by atoms with Gasteiger partial charge in [-0.15, -0.1) is 0 Å². The van der Waals surface area contributed by atoms with Crippen molar-refractivity contribution in [2.75, 3.05) is 12.5 Å². The standard InChI is InChI=1S/C14H14Br2S/c1-17(2,13-6-4-3-5-7-13)14-9-11(15)8-12(16)10-14/h3-10H,1-2H3. The van der Waals surface area contributed by atoms with Gasteiger partial charge >= 0.3 is 0 Å². The van der Waals surface area contributed by atoms with Crippen LogP contribution in [-0.4, -0.2) is 12.5 Å². The summed E-state index contributed by atoms with van der Waals surface area (Å²) in [5.41, 5.74) is 0. The van der Waals surface area contributed by atoms with Crippen LogP contribution in [0.4, 0.5) is 0 Å². The maximum atomic E-state index is 3.56. The minimum atomic E-state index is -0.944. The van der Waals surface area contributed by atoms with Crippen molar-refractivity contribution >= 4 is 41.9 Å². The van der Waals surface area contributed by atoms with Gasteiger partial charge < -0.3 is 0 Å². The average molecular weight is 374 g/mol. The quantitative estimate of drug-likeness (QED) is 0.633. The van der Waals surface area contributed by atoms with Crippen LogP contribution in [0.1, 0.15) is 0 Å². The summed E-state index contributed by atoms with van der Waals surface area (Å²) in [5.74, 6) is 0. The summed E-state index contributed by atoms with van der Waals surface area (Å²) in [6.07, 6.45) is 4.66. The third-order valence-electron chi connectivity index (χ3n) is 2.76. The Balaban J connectivity index is 2.51. The van der Waals surface area contributed by atoms with E-state index >= 15 is 0 Å². The van der Waals surface area contributed by atoms with Crippen molar-refractivity contribution in [3.05, 3.63) is 57.5 Å². The van der Waals surface area contributed by atoms with Crippen LogP contribution in [0.2, 0.25) is 0 Å². The van der Waals surface area contributed by atoms with Crippen molar-refractivity contribution in [3.8, 4) is 0 Å². The first-order valence-corrected chi connectivity index (χ1v) is 9.28. The molecule has 2 aromatic rings. The fraction of sp³-hybridized carbons (Fsp3) is 0.143. The molecule has 0 amide bonds. The van der Waals surface area contributed by atoms with Gasteiger partial charge in [-0.25, -0.2) is 0 Å². The molecule has 2 aromatic carbocycles. The first-order valence-electron chi connectivity index (χ1n) is 5.25. The van der Waals surface area contributed by atoms with Crippen molar-refractivity contribution in [2.45, 2.75) is 9.79 Å². The first-order chi connectivity index (χ1) is 8.00. The van der Waals surface area contributed by atoms with E-state index in [1.165, 1.54) is 9.79 Å². The third-order valence-corrected chi connectivity index (χ3v) is 6.54. The highest BCUT2D eigenvalue weighted by atomic mass is 79.9. The summed E-state index contributed by atoms with van der Waals surface area (Å²) in [6, 6.07) is 17.2. The smallest absolute Gasteiger partial charge is 0.0197 e. The van der Waals surface area contributed by atoms with E-state index in [0.29, 0.717) is 0 Å². The van der Waals surface area contributed by atoms with Crippen molar-refractivity contribution < 1.29 is 0 Å². The Hall–Kier alpha value is -0.250. The van der Waals surface area contributed by atoms with E-state index in [4.69, 9.17) is 0 Å². The third kappa shape index (κ3) is 2.95. The monoisotopic (exact) mass is 372 g/mol. The van der Waals surface area contributed by atoms with E-state index in [-0.39, 0.29) is 0 Å². The maximum absolute atomic E-state index is 3.56. The Labute approximate surface area is 121 Å². The Kier molecular flexibility index (Phi) is 4.01. The molecule has 3 heteroatoms. The molecule has 0 aliphatic heterocycles. The van der Waals surface area contributed by atoms with Gasteiger partial charge in [-0.05, 0) is 52.6 Å². The Morgan fingerprint density at radius 1 is 0.765 bits per heavy atom. The number of hydrogen-bond acceptors (Lipinski definition) is 0. The van der Waals surface area contributed by atoms with Gasteiger partial charge in [-0.1, -0.05) is 50.1 Å². The molecule has 0 bridgehead atoms. The molecule has 0 nitrogen and oxygen atoms in total. The van der Waals surface area contributed by atoms with Crippen LogP contribution in [-0.2, 0) is 0 Å². The van der Waals surface area contributed by atoms with E-state index in [2.05, 4.69) is 92.9 Å². The summed E-state index contributed by atoms with van der Waals surface area (Å²) in [6.45, 7) is 0. The topological polar surface area (TPSA) is 0 Å². The number of halogens is 2. The summed E-state index contributed by atoms with van der Waals surface area (Å²) < 4.78 is 2.25. The lowest BCUT2D eigenvalue weighted by Gasteiger charge is -2.32. The number of benzene rings is 2. The average Bonchev–Trinajstić information content (AvgIpc) is 2.29. The molecule has 0 aliphatic rings. The Morgan fingerprint density at radius 2 is 1.29 bits per heavy atom. The molecule has 2 rings (SSSR count). The molecule has 0 heterocycles. The SMILES string of the molecule is CS(C)(c1ccccc1)c1cc(Br)cc(Br)c1. The van der Waals surface area contributed by atoms with Crippen LogP contribution in [0.15, 0.2) is 67.3 Å². The molecular weight excluding hydrogens is 360 g/mol. The lowest BCUT2D eigenvalue weighted by molar-refractivity contribution is 1.34. The fourth-order valence-corrected chi connectivity index (χ4v) is 5.27. The summed E-state index contributed by atoms with van der Waals surface area (Å²) in [7, 11) is -0.944. The van der Waals surface area contributed by atoms with Crippen molar-refractivity contribution in [3.63, 3.8) is 0 Å². The highest BCUT2D eigenvalue weighted by Gasteiger charge is 2.17. The molecule has 0 fully saturated rings. The van der Waals surface area contributed by atoms with Gasteiger partial charge in [0, 0.05) is 8.95 Å². The molecule has 0 atom stereocenters. The number of hydrogen-bond donors (Lipinski definition) is 0. The molecule has 0 saturated heterocycles. The minimum absolute atomic E-state index is 0.944. The lowest BCUT2D eigenvalue weighted by atomic mass is 10.4. The first kappa shape index (κ1) is 13.2. The molecule has 90 valence electrons. The van der Waals surface area contributed by atoms with E-state index in [1.807, 2.05) is 0 Å². The van der Waals surface area contributed by atoms with Crippen LogP contribution < -0.4 is 0 Å². The van der Waals surface area contributed by atoms with Gasteiger partial charge in [0.15, 0.2) is 0 Å². The van der Waals surface area contributed by atoms with E-state index < -0.39 is 10.0 Å². The molecule has 0 spiro atoms. The molecule has 0 saturated carbocycles. The van der Waals surface area contributed by atoms with Gasteiger partial charge in [0.2, 0.25) is 0 Å². The van der Waals surface area contributed by atoms with Gasteiger partial charge in [-0.2, -0.15) is 10.0 Å². The van der Waals surface area contributed by atoms with Crippen LogP contribution in [0.25, 0.3) is 0 Å². The second-order valence-electron chi connectivity index (χ2n) is 4.25. The zero-order chi connectivity index (χ0) is 12.5. The maximum Gasteiger partial charge on any atom is 0.0197 e. The second-order valence-corrected chi connectivity index (χ2v) is 9.67. The highest BCUT2D eigenvalue weighted by Crippen LogP contribution is 2.57. The fourth-order valence-electron chi connectivity index (χ4n) is 1.72. The zero-order valence-corrected chi connectivity index (χ0v) is 13.8. The van der Waals surface area contributed by atoms with Gasteiger partial charge in [0.1, 0.15) is 0 Å². The van der Waals surface area contributed by atoms with Crippen LogP contribution in [0.3, 0.4) is 0 Å². The predicted octanol–water partition coefficient (Wildman–Crippen LogP) is 5.69. The zero-order valence-electron chi connectivity index (χ0n) is 9.78. The second kappa shape index (κ2) is 5.17. The predicted molar refractivity (Wildman–Crippen MR) is 84.3 cm³/mol. The van der Waals surface area contributed by atoms with Crippen LogP contribution >= 0.6 is 41.9 Å². The largest absolute Gasteiger partial charge is 0.193 e. The van der Waals surface area contributed by atoms with Crippen molar-refractivity contribution in [2.24, 2.45) is 0 Å². The molecule has 0 radical (unpaired) electrons. The molecule has 17 heavy (non-hydrogen) atoms. The highest BCUT2D eigenvalue weighted by molar-refractivity contribution is 9.11. The van der Waals surface area contributed by atoms with Gasteiger partial charge in [-0.3, -0.25) is 0 Å². The summed E-state index contributed by atoms with van der Waals surface area (Å²) in [5, 5.41) is 0. The Bertz CT molecular complexity index is 501. The molecule has 0 aromatic heterocycles. The molecule has 0 N–H and O–H groups in total. The van der Waals surface area contributed by atoms with Crippen LogP contribution in [0, 0.1) is 0 Å². The van der Waals surface area contributed by atoms with Crippen molar-refractivity contribution in [1.82, 2.24) is 0 Å². The lowest BCUT2D eigenvalue weighted by Crippen LogP contribution is -1.97. The summed E-state index contributed by atoms with van der Waals surface area (Å²) >= 11 is 7.12. The minimum Gasteiger partial charge on any atom is -0.193 e. The van der Waals surface area contributed by atoms with Crippen LogP contribution in [0.5, 0.6) is 0 Å². The van der Waals surface area contributed by atoms with Gasteiger partial charge in [0.25, 0.3) is 0 Å². The number of rotatable bonds is 2. The Morgan fingerprint density at radius 3 is 1.82 bits per heavy atom. The molecular formula is C14H14Br2S. The van der Waals surface area contributed by atoms with Gasteiger partial charge in [0.05, 0.1) is 0 Å². The normalized spacial score (nSPS) is 12.5. The van der Waals surface area contributed by atoms with Crippen molar-refractivity contribution in [1.29, 1.82) is 0 Å².